The van der Waals surface area contributed by atoms with Gasteiger partial charge in [0.25, 0.3) is 0 Å². The van der Waals surface area contributed by atoms with Crippen molar-refractivity contribution in [2.45, 2.75) is 233 Å². The summed E-state index contributed by atoms with van der Waals surface area (Å²) in [5.74, 6) is 0.249. The van der Waals surface area contributed by atoms with Crippen molar-refractivity contribution >= 4 is 11.9 Å². The van der Waals surface area contributed by atoms with Gasteiger partial charge in [0, 0.05) is 6.54 Å². The van der Waals surface area contributed by atoms with E-state index in [0.717, 1.165) is 122 Å². The highest BCUT2D eigenvalue weighted by Crippen LogP contribution is 2.22. The van der Waals surface area contributed by atoms with Crippen LogP contribution in [0.25, 0.3) is 0 Å². The van der Waals surface area contributed by atoms with Gasteiger partial charge in [-0.3, -0.25) is 9.59 Å². The maximum absolute atomic E-state index is 13.0. The van der Waals surface area contributed by atoms with Crippen molar-refractivity contribution in [2.24, 2.45) is 11.8 Å². The van der Waals surface area contributed by atoms with Crippen molar-refractivity contribution in [3.05, 3.63) is 0 Å². The van der Waals surface area contributed by atoms with Crippen molar-refractivity contribution < 1.29 is 28.9 Å². The molecule has 0 spiro atoms. The number of aliphatic hydroxyl groups excluding tert-OH is 1. The molecule has 0 bridgehead atoms. The molecule has 7 heteroatoms. The lowest BCUT2D eigenvalue weighted by molar-refractivity contribution is -0.150. The van der Waals surface area contributed by atoms with E-state index in [2.05, 4.69) is 32.6 Å². The Bertz CT molecular complexity index is 736. The highest BCUT2D eigenvalue weighted by Gasteiger charge is 2.20. The summed E-state index contributed by atoms with van der Waals surface area (Å²) in [6.07, 6.45) is 37.3. The molecule has 0 fully saturated rings. The molecule has 0 aliphatic rings. The fraction of sp³-hybridized carbons (Fsp3) is 0.958. The first kappa shape index (κ1) is 53.8. The maximum Gasteiger partial charge on any atom is 0.308 e. The van der Waals surface area contributed by atoms with E-state index >= 15 is 0 Å². The number of hydrogen-bond acceptors (Lipinski definition) is 7. The van der Waals surface area contributed by atoms with Gasteiger partial charge in [-0.1, -0.05) is 182 Å². The van der Waals surface area contributed by atoms with Crippen LogP contribution in [0.1, 0.15) is 233 Å². The van der Waals surface area contributed by atoms with Crippen LogP contribution < -0.4 is 0 Å². The van der Waals surface area contributed by atoms with Crippen LogP contribution >= 0.6 is 0 Å². The molecule has 0 aromatic carbocycles. The Kier molecular flexibility index (Phi) is 43.0. The van der Waals surface area contributed by atoms with E-state index in [0.29, 0.717) is 26.4 Å². The average molecular weight is 782 g/mol. The minimum Gasteiger partial charge on any atom is -0.465 e. The molecule has 0 aromatic rings. The molecule has 0 radical (unpaired) electrons. The summed E-state index contributed by atoms with van der Waals surface area (Å²) in [5.41, 5.74) is 0. The highest BCUT2D eigenvalue weighted by atomic mass is 16.5. The van der Waals surface area contributed by atoms with E-state index in [1.165, 1.54) is 103 Å². The quantitative estimate of drug-likeness (QED) is 0.0486. The zero-order chi connectivity index (χ0) is 40.3. The summed E-state index contributed by atoms with van der Waals surface area (Å²) >= 11 is 0. The Morgan fingerprint density at radius 2 is 0.727 bits per heavy atom. The minimum atomic E-state index is 0.0442. The first-order valence-corrected chi connectivity index (χ1v) is 24.3. The number of esters is 2. The van der Waals surface area contributed by atoms with E-state index < -0.39 is 0 Å². The van der Waals surface area contributed by atoms with Crippen LogP contribution in [-0.2, 0) is 23.8 Å². The van der Waals surface area contributed by atoms with E-state index in [1.54, 1.807) is 0 Å². The van der Waals surface area contributed by atoms with Gasteiger partial charge >= 0.3 is 11.9 Å². The first-order valence-electron chi connectivity index (χ1n) is 24.3. The van der Waals surface area contributed by atoms with Crippen molar-refractivity contribution in [3.8, 4) is 0 Å². The lowest BCUT2D eigenvalue weighted by Gasteiger charge is -2.22. The van der Waals surface area contributed by atoms with Gasteiger partial charge in [-0.25, -0.2) is 0 Å². The van der Waals surface area contributed by atoms with Gasteiger partial charge in [-0.05, 0) is 64.5 Å². The lowest BCUT2D eigenvalue weighted by Crippen LogP contribution is -2.30. The normalized spacial score (nSPS) is 12.7. The monoisotopic (exact) mass is 782 g/mol. The van der Waals surface area contributed by atoms with Crippen molar-refractivity contribution in [3.63, 3.8) is 0 Å². The Labute approximate surface area is 342 Å². The minimum absolute atomic E-state index is 0.0442. The molecule has 1 N–H and O–H groups in total. The summed E-state index contributed by atoms with van der Waals surface area (Å²) in [6, 6.07) is 0. The third kappa shape index (κ3) is 36.9. The van der Waals surface area contributed by atoms with Crippen molar-refractivity contribution in [1.29, 1.82) is 0 Å². The summed E-state index contributed by atoms with van der Waals surface area (Å²) < 4.78 is 17.2. The fourth-order valence-electron chi connectivity index (χ4n) is 7.60. The Morgan fingerprint density at radius 1 is 0.400 bits per heavy atom. The maximum atomic E-state index is 13.0. The largest absolute Gasteiger partial charge is 0.465 e. The number of hydrogen-bond donors (Lipinski definition) is 1. The Balaban J connectivity index is 4.42. The standard InChI is InChI=1S/C48H95NO6/c1-5-9-13-17-19-27-35-45(33-25-15-11-7-3)47(51)54-41-31-23-21-29-37-49(39-43-53-44-40-50)38-30-22-24-32-42-55-48(52)46(34-26-16-12-8-4)36-28-20-18-14-10-6-2/h45-46,50H,5-44H2,1-4H3. The molecule has 0 rings (SSSR count). The Hall–Kier alpha value is -1.18. The van der Waals surface area contributed by atoms with Gasteiger partial charge in [0.2, 0.25) is 0 Å². The molecular weight excluding hydrogens is 687 g/mol. The van der Waals surface area contributed by atoms with E-state index in [4.69, 9.17) is 19.3 Å². The zero-order valence-electron chi connectivity index (χ0n) is 37.4. The van der Waals surface area contributed by atoms with Gasteiger partial charge in [-0.2, -0.15) is 0 Å². The van der Waals surface area contributed by atoms with E-state index in [9.17, 15) is 9.59 Å². The van der Waals surface area contributed by atoms with Crippen molar-refractivity contribution in [2.75, 3.05) is 52.7 Å². The molecule has 2 unspecified atom stereocenters. The molecule has 0 saturated carbocycles. The van der Waals surface area contributed by atoms with Crippen molar-refractivity contribution in [1.82, 2.24) is 4.90 Å². The van der Waals surface area contributed by atoms with Crippen LogP contribution in [0.2, 0.25) is 0 Å². The molecule has 0 aromatic heterocycles. The summed E-state index contributed by atoms with van der Waals surface area (Å²) in [6.45, 7) is 14.1. The smallest absolute Gasteiger partial charge is 0.308 e. The number of unbranched alkanes of at least 4 members (excludes halogenated alkanes) is 22. The number of carbonyl (C=O) groups is 2. The average Bonchev–Trinajstić information content (AvgIpc) is 3.19. The predicted molar refractivity (Wildman–Crippen MR) is 234 cm³/mol. The van der Waals surface area contributed by atoms with Crippen LogP contribution in [0.15, 0.2) is 0 Å². The molecule has 0 heterocycles. The molecule has 0 aliphatic heterocycles. The Morgan fingerprint density at radius 3 is 1.11 bits per heavy atom. The molecule has 0 aliphatic carbocycles. The second-order valence-corrected chi connectivity index (χ2v) is 16.5. The number of ether oxygens (including phenoxy) is 3. The summed E-state index contributed by atoms with van der Waals surface area (Å²) in [7, 11) is 0. The van der Waals surface area contributed by atoms with Gasteiger partial charge in [0.15, 0.2) is 0 Å². The molecular formula is C48H95NO6. The fourth-order valence-corrected chi connectivity index (χ4v) is 7.60. The summed E-state index contributed by atoms with van der Waals surface area (Å²) in [5, 5.41) is 9.11. The third-order valence-electron chi connectivity index (χ3n) is 11.3. The molecule has 0 saturated heterocycles. The number of carbonyl (C=O) groups excluding carboxylic acids is 2. The number of rotatable bonds is 45. The zero-order valence-corrected chi connectivity index (χ0v) is 37.4. The van der Waals surface area contributed by atoms with E-state index in [-0.39, 0.29) is 30.4 Å². The molecule has 0 amide bonds. The highest BCUT2D eigenvalue weighted by molar-refractivity contribution is 5.72. The molecule has 7 nitrogen and oxygen atoms in total. The van der Waals surface area contributed by atoms with Crippen LogP contribution in [0.5, 0.6) is 0 Å². The van der Waals surface area contributed by atoms with Crippen LogP contribution in [0.3, 0.4) is 0 Å². The van der Waals surface area contributed by atoms with Gasteiger partial charge in [0.1, 0.15) is 0 Å². The molecule has 2 atom stereocenters. The first-order chi connectivity index (χ1) is 27.0. The van der Waals surface area contributed by atoms with Crippen LogP contribution in [0.4, 0.5) is 0 Å². The molecule has 55 heavy (non-hydrogen) atoms. The van der Waals surface area contributed by atoms with E-state index in [1.807, 2.05) is 0 Å². The molecule has 328 valence electrons. The van der Waals surface area contributed by atoms with Crippen LogP contribution in [-0.4, -0.2) is 74.6 Å². The lowest BCUT2D eigenvalue weighted by atomic mass is 9.94. The third-order valence-corrected chi connectivity index (χ3v) is 11.3. The topological polar surface area (TPSA) is 85.3 Å². The predicted octanol–water partition coefficient (Wildman–Crippen LogP) is 13.2. The number of nitrogens with zero attached hydrogens (tertiary/aromatic N) is 1. The summed E-state index contributed by atoms with van der Waals surface area (Å²) in [4.78, 5) is 28.5. The van der Waals surface area contributed by atoms with Gasteiger partial charge in [0.05, 0.1) is 44.9 Å². The second kappa shape index (κ2) is 43.9. The SMILES string of the molecule is CCCCCCCCC(CCCCCC)C(=O)OCCCCCCN(CCCCCCOC(=O)C(CCCCCC)CCCCCCCC)CCOCCO. The van der Waals surface area contributed by atoms with Gasteiger partial charge in [-0.15, -0.1) is 0 Å². The number of aliphatic hydroxyl groups is 1. The second-order valence-electron chi connectivity index (χ2n) is 16.5. The van der Waals surface area contributed by atoms with Crippen LogP contribution in [0, 0.1) is 11.8 Å². The van der Waals surface area contributed by atoms with Gasteiger partial charge < -0.3 is 24.2 Å².